The van der Waals surface area contributed by atoms with Crippen LogP contribution in [0, 0.1) is 0 Å². The molecule has 3 unspecified atom stereocenters. The van der Waals surface area contributed by atoms with Gasteiger partial charge in [0.2, 0.25) is 0 Å². The van der Waals surface area contributed by atoms with Crippen LogP contribution in [0.4, 0.5) is 14.9 Å². The number of methoxy groups -OCH3 is 1. The molecule has 2 N–H and O–H groups in total. The first-order chi connectivity index (χ1) is 13.9. The van der Waals surface area contributed by atoms with E-state index in [1.54, 1.807) is 18.5 Å². The molecule has 0 aliphatic heterocycles. The maximum atomic E-state index is 14.4. The smallest absolute Gasteiger partial charge is 0.319 e. The van der Waals surface area contributed by atoms with E-state index >= 15 is 0 Å². The third kappa shape index (κ3) is 5.10. The van der Waals surface area contributed by atoms with E-state index in [-0.39, 0.29) is 11.3 Å². The van der Waals surface area contributed by atoms with Crippen molar-refractivity contribution in [2.24, 2.45) is 0 Å². The van der Waals surface area contributed by atoms with Crippen molar-refractivity contribution >= 4 is 21.6 Å². The number of halogens is 1. The van der Waals surface area contributed by atoms with E-state index in [1.165, 1.54) is 31.4 Å². The number of amides is 2. The first-order valence-corrected chi connectivity index (χ1v) is 10.9. The molecule has 1 heterocycles. The zero-order chi connectivity index (χ0) is 20.9. The van der Waals surface area contributed by atoms with Gasteiger partial charge in [-0.3, -0.25) is 4.98 Å². The number of carbonyl (C=O) groups is 1. The number of urea groups is 1. The fourth-order valence-electron chi connectivity index (χ4n) is 3.47. The van der Waals surface area contributed by atoms with Crippen molar-refractivity contribution in [3.05, 3.63) is 54.4 Å². The predicted molar refractivity (Wildman–Crippen MR) is 107 cm³/mol. The van der Waals surface area contributed by atoms with E-state index in [0.717, 1.165) is 5.56 Å². The Hall–Kier alpha value is -2.52. The topological polar surface area (TPSA) is 97.4 Å². The minimum Gasteiger partial charge on any atom is -0.380 e. The molecule has 1 aliphatic rings. The summed E-state index contributed by atoms with van der Waals surface area (Å²) in [5.41, 5.74) is 1.28. The molecule has 0 bridgehead atoms. The van der Waals surface area contributed by atoms with Crippen molar-refractivity contribution in [2.45, 2.75) is 48.2 Å². The third-order valence-corrected chi connectivity index (χ3v) is 7.21. The van der Waals surface area contributed by atoms with Crippen LogP contribution in [0.25, 0.3) is 0 Å². The number of alkyl halides is 1. The quantitative estimate of drug-likeness (QED) is 0.747. The lowest BCUT2D eigenvalue weighted by Crippen LogP contribution is -2.45. The molecule has 1 aliphatic carbocycles. The Bertz CT molecular complexity index is 923. The summed E-state index contributed by atoms with van der Waals surface area (Å²) >= 11 is 0. The summed E-state index contributed by atoms with van der Waals surface area (Å²) < 4.78 is 45.5. The molecule has 1 aromatic heterocycles. The summed E-state index contributed by atoms with van der Waals surface area (Å²) in [4.78, 5) is 16.0. The molecular formula is C20H24FN3O4S. The van der Waals surface area contributed by atoms with Gasteiger partial charge in [0.25, 0.3) is 0 Å². The molecule has 0 radical (unpaired) electrons. The van der Waals surface area contributed by atoms with Gasteiger partial charge >= 0.3 is 6.03 Å². The Labute approximate surface area is 169 Å². The van der Waals surface area contributed by atoms with Crippen LogP contribution < -0.4 is 10.6 Å². The van der Waals surface area contributed by atoms with Gasteiger partial charge in [-0.2, -0.15) is 0 Å². The van der Waals surface area contributed by atoms with Gasteiger partial charge in [-0.25, -0.2) is 17.6 Å². The Balaban J connectivity index is 1.65. The van der Waals surface area contributed by atoms with Crippen LogP contribution in [0.5, 0.6) is 0 Å². The van der Waals surface area contributed by atoms with Crippen LogP contribution in [0.15, 0.2) is 53.7 Å². The van der Waals surface area contributed by atoms with Gasteiger partial charge in [-0.1, -0.05) is 6.07 Å². The van der Waals surface area contributed by atoms with Crippen LogP contribution in [0.3, 0.4) is 0 Å². The highest BCUT2D eigenvalue weighted by Crippen LogP contribution is 2.33. The van der Waals surface area contributed by atoms with E-state index < -0.39 is 33.4 Å². The molecule has 3 atom stereocenters. The van der Waals surface area contributed by atoms with E-state index in [0.29, 0.717) is 25.1 Å². The Morgan fingerprint density at radius 2 is 2.00 bits per heavy atom. The number of benzene rings is 1. The summed E-state index contributed by atoms with van der Waals surface area (Å²) in [5, 5.41) is 4.10. The van der Waals surface area contributed by atoms with Crippen LogP contribution in [-0.4, -0.2) is 44.1 Å². The molecule has 2 aromatic rings. The Morgan fingerprint density at radius 1 is 1.24 bits per heavy atom. The lowest BCUT2D eigenvalue weighted by atomic mass is 9.95. The third-order valence-electron chi connectivity index (χ3n) is 4.97. The zero-order valence-corrected chi connectivity index (χ0v) is 16.9. The molecule has 1 fully saturated rings. The predicted octanol–water partition coefficient (Wildman–Crippen LogP) is 3.08. The molecule has 156 valence electrons. The maximum absolute atomic E-state index is 14.4. The number of hydrogen-bond donors (Lipinski definition) is 2. The number of nitrogens with zero attached hydrogens (tertiary/aromatic N) is 1. The summed E-state index contributed by atoms with van der Waals surface area (Å²) in [6.45, 7) is 0.310. The number of anilines is 1. The summed E-state index contributed by atoms with van der Waals surface area (Å²) in [6.07, 6.45) is 2.48. The van der Waals surface area contributed by atoms with E-state index in [1.807, 2.05) is 6.07 Å². The average Bonchev–Trinajstić information content (AvgIpc) is 2.73. The second-order valence-electron chi connectivity index (χ2n) is 6.92. The molecule has 3 rings (SSSR count). The van der Waals surface area contributed by atoms with Crippen LogP contribution >= 0.6 is 0 Å². The number of rotatable bonds is 6. The van der Waals surface area contributed by atoms with Gasteiger partial charge in [0, 0.05) is 31.7 Å². The standard InChI is InChI=1S/C20H24FN3O4S/c1-28-18-6-2-5-17(21)19(18)29(26,27)16-9-7-15(8-10-16)24-20(25)23-13-14-4-3-11-22-12-14/h3-4,7-12,17-19H,2,5-6,13H2,1H3,(H2,23,24,25). The summed E-state index contributed by atoms with van der Waals surface area (Å²) in [7, 11) is -2.49. The van der Waals surface area contributed by atoms with Crippen molar-refractivity contribution in [2.75, 3.05) is 12.4 Å². The highest BCUT2D eigenvalue weighted by molar-refractivity contribution is 7.92. The number of hydrogen-bond acceptors (Lipinski definition) is 5. The first-order valence-electron chi connectivity index (χ1n) is 9.36. The van der Waals surface area contributed by atoms with Crippen molar-refractivity contribution in [1.82, 2.24) is 10.3 Å². The lowest BCUT2D eigenvalue weighted by Gasteiger charge is -2.32. The molecular weight excluding hydrogens is 397 g/mol. The van der Waals surface area contributed by atoms with E-state index in [4.69, 9.17) is 4.74 Å². The second-order valence-corrected chi connectivity index (χ2v) is 9.03. The van der Waals surface area contributed by atoms with Crippen molar-refractivity contribution in [3.63, 3.8) is 0 Å². The molecule has 7 nitrogen and oxygen atoms in total. The number of sulfone groups is 1. The van der Waals surface area contributed by atoms with Crippen molar-refractivity contribution < 1.29 is 22.3 Å². The second kappa shape index (κ2) is 9.32. The zero-order valence-electron chi connectivity index (χ0n) is 16.0. The number of carbonyl (C=O) groups excluding carboxylic acids is 1. The molecule has 9 heteroatoms. The molecule has 0 spiro atoms. The fourth-order valence-corrected chi connectivity index (χ4v) is 5.47. The molecule has 1 saturated carbocycles. The van der Waals surface area contributed by atoms with Gasteiger partial charge in [0.1, 0.15) is 11.4 Å². The van der Waals surface area contributed by atoms with E-state index in [9.17, 15) is 17.6 Å². The molecule has 29 heavy (non-hydrogen) atoms. The van der Waals surface area contributed by atoms with Gasteiger partial charge in [0.15, 0.2) is 9.84 Å². The monoisotopic (exact) mass is 421 g/mol. The summed E-state index contributed by atoms with van der Waals surface area (Å²) in [5.74, 6) is 0. The van der Waals surface area contributed by atoms with Gasteiger partial charge in [-0.15, -0.1) is 0 Å². The summed E-state index contributed by atoms with van der Waals surface area (Å²) in [6, 6.07) is 8.89. The average molecular weight is 421 g/mol. The van der Waals surface area contributed by atoms with Crippen LogP contribution in [-0.2, 0) is 21.1 Å². The number of pyridine rings is 1. The minimum atomic E-state index is -3.90. The number of nitrogens with one attached hydrogen (secondary N) is 2. The number of aromatic nitrogens is 1. The fraction of sp³-hybridized carbons (Fsp3) is 0.400. The maximum Gasteiger partial charge on any atom is 0.319 e. The first kappa shape index (κ1) is 21.2. The van der Waals surface area contributed by atoms with Crippen molar-refractivity contribution in [3.8, 4) is 0 Å². The van der Waals surface area contributed by atoms with Crippen LogP contribution in [0.1, 0.15) is 24.8 Å². The van der Waals surface area contributed by atoms with E-state index in [2.05, 4.69) is 15.6 Å². The highest BCUT2D eigenvalue weighted by atomic mass is 32.2. The van der Waals surface area contributed by atoms with Gasteiger partial charge in [0.05, 0.1) is 11.0 Å². The SMILES string of the molecule is COC1CCCC(F)C1S(=O)(=O)c1ccc(NC(=O)NCc2cccnc2)cc1. The van der Waals surface area contributed by atoms with Crippen molar-refractivity contribution in [1.29, 1.82) is 0 Å². The minimum absolute atomic E-state index is 0.00965. The van der Waals surface area contributed by atoms with Crippen LogP contribution in [0.2, 0.25) is 0 Å². The molecule has 2 amide bonds. The Morgan fingerprint density at radius 3 is 2.66 bits per heavy atom. The lowest BCUT2D eigenvalue weighted by molar-refractivity contribution is 0.0443. The normalized spacial score (nSPS) is 22.1. The largest absolute Gasteiger partial charge is 0.380 e. The Kier molecular flexibility index (Phi) is 6.81. The number of ether oxygens (including phenoxy) is 1. The molecule has 1 aromatic carbocycles. The van der Waals surface area contributed by atoms with Gasteiger partial charge in [-0.05, 0) is 55.2 Å². The molecule has 0 saturated heterocycles. The van der Waals surface area contributed by atoms with Gasteiger partial charge < -0.3 is 15.4 Å². The highest BCUT2D eigenvalue weighted by Gasteiger charge is 2.43.